The van der Waals surface area contributed by atoms with Gasteiger partial charge in [-0.05, 0) is 22.9 Å². The summed E-state index contributed by atoms with van der Waals surface area (Å²) in [6, 6.07) is 20.4. The van der Waals surface area contributed by atoms with E-state index in [1.807, 2.05) is 36.4 Å². The van der Waals surface area contributed by atoms with Gasteiger partial charge in [-0.3, -0.25) is 0 Å². The molecule has 0 unspecified atom stereocenters. The van der Waals surface area contributed by atoms with Gasteiger partial charge in [-0.25, -0.2) is 5.43 Å². The van der Waals surface area contributed by atoms with Gasteiger partial charge in [0.1, 0.15) is 0 Å². The first kappa shape index (κ1) is 11.1. The third-order valence-electron chi connectivity index (χ3n) is 2.46. The van der Waals surface area contributed by atoms with E-state index >= 15 is 0 Å². The summed E-state index contributed by atoms with van der Waals surface area (Å²) in [7, 11) is 0. The lowest BCUT2D eigenvalue weighted by Gasteiger charge is -2.18. The van der Waals surface area contributed by atoms with Gasteiger partial charge in [-0.2, -0.15) is 4.94 Å². The van der Waals surface area contributed by atoms with Gasteiger partial charge in [0.15, 0.2) is 0 Å². The summed E-state index contributed by atoms with van der Waals surface area (Å²) in [5.74, 6) is 0. The molecule has 0 atom stereocenters. The van der Waals surface area contributed by atoms with Gasteiger partial charge in [-0.1, -0.05) is 60.7 Å². The molecule has 0 spiro atoms. The molecule has 2 nitrogen and oxygen atoms in total. The minimum Gasteiger partial charge on any atom is -0.232 e. The van der Waals surface area contributed by atoms with Gasteiger partial charge >= 0.3 is 0 Å². The highest BCUT2D eigenvalue weighted by Gasteiger charge is 2.11. The van der Waals surface area contributed by atoms with Crippen LogP contribution in [0.25, 0.3) is 0 Å². The quantitative estimate of drug-likeness (QED) is 0.626. The molecule has 0 fully saturated rings. The predicted octanol–water partition coefficient (Wildman–Crippen LogP) is 3.02. The Morgan fingerprint density at radius 3 is 1.56 bits per heavy atom. The number of hydrogen-bond acceptors (Lipinski definition) is 2. The minimum absolute atomic E-state index is 0.0555. The summed E-state index contributed by atoms with van der Waals surface area (Å²) >= 11 is 5.53. The number of nitrogens with one attached hydrogen (secondary N) is 2. The molecule has 0 amide bonds. The van der Waals surface area contributed by atoms with Crippen molar-refractivity contribution in [2.24, 2.45) is 0 Å². The Labute approximate surface area is 100 Å². The van der Waals surface area contributed by atoms with Crippen LogP contribution in [0.4, 0.5) is 0 Å². The minimum atomic E-state index is 0.0555. The van der Waals surface area contributed by atoms with Crippen molar-refractivity contribution >= 4 is 11.8 Å². The van der Waals surface area contributed by atoms with Crippen LogP contribution in [0.5, 0.6) is 0 Å². The second kappa shape index (κ2) is 5.66. The summed E-state index contributed by atoms with van der Waals surface area (Å²) in [5, 5.41) is 0. The van der Waals surface area contributed by atoms with Gasteiger partial charge in [0.25, 0.3) is 0 Å². The highest BCUT2D eigenvalue weighted by molar-refractivity contribution is 6.13. The average Bonchev–Trinajstić information content (AvgIpc) is 2.38. The smallest absolute Gasteiger partial charge is 0.0724 e. The molecule has 0 radical (unpaired) electrons. The third kappa shape index (κ3) is 2.61. The zero-order valence-electron chi connectivity index (χ0n) is 8.73. The summed E-state index contributed by atoms with van der Waals surface area (Å²) < 4.78 is 0. The van der Waals surface area contributed by atoms with Crippen molar-refractivity contribution in [3.8, 4) is 0 Å². The van der Waals surface area contributed by atoms with E-state index in [0.717, 1.165) is 0 Å². The fourth-order valence-corrected chi connectivity index (χ4v) is 1.81. The van der Waals surface area contributed by atoms with Crippen molar-refractivity contribution in [2.75, 3.05) is 0 Å². The standard InChI is InChI=1S/C13H13ClN2/c14-16-15-13(11-7-3-1-4-8-11)12-9-5-2-6-10-12/h1-10,13,15-16H. The van der Waals surface area contributed by atoms with Crippen LogP contribution in [0, 0.1) is 0 Å². The Morgan fingerprint density at radius 1 is 0.750 bits per heavy atom. The van der Waals surface area contributed by atoms with Crippen molar-refractivity contribution in [2.45, 2.75) is 6.04 Å². The number of hydrazine groups is 1. The van der Waals surface area contributed by atoms with Gasteiger partial charge < -0.3 is 0 Å². The highest BCUT2D eigenvalue weighted by atomic mass is 35.5. The molecule has 0 heterocycles. The van der Waals surface area contributed by atoms with E-state index in [9.17, 15) is 0 Å². The monoisotopic (exact) mass is 232 g/mol. The van der Waals surface area contributed by atoms with Crippen molar-refractivity contribution in [1.29, 1.82) is 0 Å². The molecule has 2 rings (SSSR count). The molecule has 16 heavy (non-hydrogen) atoms. The molecule has 82 valence electrons. The Balaban J connectivity index is 2.31. The van der Waals surface area contributed by atoms with Gasteiger partial charge in [-0.15, -0.1) is 0 Å². The van der Waals surface area contributed by atoms with E-state index in [2.05, 4.69) is 34.6 Å². The lowest BCUT2D eigenvalue weighted by atomic mass is 10.00. The first-order chi connectivity index (χ1) is 7.92. The zero-order chi connectivity index (χ0) is 11.2. The maximum absolute atomic E-state index is 5.53. The fraction of sp³-hybridized carbons (Fsp3) is 0.0769. The third-order valence-corrected chi connectivity index (χ3v) is 2.57. The summed E-state index contributed by atoms with van der Waals surface area (Å²) in [4.78, 5) is 2.49. The number of benzene rings is 2. The Hall–Kier alpha value is -1.35. The summed E-state index contributed by atoms with van der Waals surface area (Å²) in [6.45, 7) is 0. The van der Waals surface area contributed by atoms with Crippen LogP contribution in [0.1, 0.15) is 17.2 Å². The van der Waals surface area contributed by atoms with Crippen LogP contribution in [0.15, 0.2) is 60.7 Å². The van der Waals surface area contributed by atoms with E-state index in [4.69, 9.17) is 11.8 Å². The largest absolute Gasteiger partial charge is 0.232 e. The molecular formula is C13H13ClN2. The first-order valence-corrected chi connectivity index (χ1v) is 5.50. The van der Waals surface area contributed by atoms with Crippen LogP contribution in [0.3, 0.4) is 0 Å². The zero-order valence-corrected chi connectivity index (χ0v) is 9.48. The maximum atomic E-state index is 5.53. The van der Waals surface area contributed by atoms with E-state index < -0.39 is 0 Å². The van der Waals surface area contributed by atoms with E-state index in [-0.39, 0.29) is 6.04 Å². The molecule has 2 aromatic rings. The lowest BCUT2D eigenvalue weighted by Crippen LogP contribution is -2.29. The van der Waals surface area contributed by atoms with Crippen LogP contribution < -0.4 is 10.4 Å². The molecule has 0 saturated carbocycles. The summed E-state index contributed by atoms with van der Waals surface area (Å²) in [6.07, 6.45) is 0. The van der Waals surface area contributed by atoms with Crippen LogP contribution in [0.2, 0.25) is 0 Å². The summed E-state index contributed by atoms with van der Waals surface area (Å²) in [5.41, 5.74) is 5.37. The van der Waals surface area contributed by atoms with Gasteiger partial charge in [0.05, 0.1) is 6.04 Å². The van der Waals surface area contributed by atoms with Crippen molar-refractivity contribution in [3.05, 3.63) is 71.8 Å². The van der Waals surface area contributed by atoms with Crippen molar-refractivity contribution < 1.29 is 0 Å². The molecule has 2 aromatic carbocycles. The second-order valence-corrected chi connectivity index (χ2v) is 3.68. The molecule has 0 aliphatic heterocycles. The second-order valence-electron chi connectivity index (χ2n) is 3.49. The topological polar surface area (TPSA) is 24.1 Å². The Bertz CT molecular complexity index is 377. The van der Waals surface area contributed by atoms with E-state index in [0.29, 0.717) is 0 Å². The van der Waals surface area contributed by atoms with E-state index in [1.165, 1.54) is 11.1 Å². The SMILES string of the molecule is ClNNC(c1ccccc1)c1ccccc1. The molecule has 2 N–H and O–H groups in total. The van der Waals surface area contributed by atoms with Crippen molar-refractivity contribution in [1.82, 2.24) is 10.4 Å². The van der Waals surface area contributed by atoms with Crippen LogP contribution in [-0.2, 0) is 0 Å². The molecule has 0 aliphatic carbocycles. The van der Waals surface area contributed by atoms with Crippen molar-refractivity contribution in [3.63, 3.8) is 0 Å². The van der Waals surface area contributed by atoms with Crippen LogP contribution >= 0.6 is 11.8 Å². The molecule has 0 aromatic heterocycles. The molecule has 0 aliphatic rings. The molecule has 0 bridgehead atoms. The van der Waals surface area contributed by atoms with E-state index in [1.54, 1.807) is 0 Å². The average molecular weight is 233 g/mol. The predicted molar refractivity (Wildman–Crippen MR) is 66.9 cm³/mol. The molecule has 0 saturated heterocycles. The Morgan fingerprint density at radius 2 is 1.19 bits per heavy atom. The lowest BCUT2D eigenvalue weighted by molar-refractivity contribution is 0.590. The fourth-order valence-electron chi connectivity index (χ4n) is 1.70. The number of hydrogen-bond donors (Lipinski definition) is 2. The maximum Gasteiger partial charge on any atom is 0.0724 e. The molecular weight excluding hydrogens is 220 g/mol. The molecule has 3 heteroatoms. The number of rotatable bonds is 4. The number of halogens is 1. The highest BCUT2D eigenvalue weighted by Crippen LogP contribution is 2.20. The van der Waals surface area contributed by atoms with Gasteiger partial charge in [0.2, 0.25) is 0 Å². The normalized spacial score (nSPS) is 10.6. The Kier molecular flexibility index (Phi) is 3.94. The first-order valence-electron chi connectivity index (χ1n) is 5.13. The van der Waals surface area contributed by atoms with Crippen LogP contribution in [-0.4, -0.2) is 0 Å². The van der Waals surface area contributed by atoms with Gasteiger partial charge in [0, 0.05) is 0 Å².